The lowest BCUT2D eigenvalue weighted by molar-refractivity contribution is -0.337. The minimum absolute atomic E-state index is 0.0187. The van der Waals surface area contributed by atoms with Crippen LogP contribution in [-0.2, 0) is 33.3 Å². The number of methoxy groups -OCH3 is 1. The monoisotopic (exact) mass is 660 g/mol. The largest absolute Gasteiger partial charge is 0.459 e. The highest BCUT2D eigenvalue weighted by molar-refractivity contribution is 5.87. The molecule has 0 unspecified atom stereocenters. The van der Waals surface area contributed by atoms with Gasteiger partial charge in [-0.15, -0.1) is 0 Å². The molecule has 4 fully saturated rings. The summed E-state index contributed by atoms with van der Waals surface area (Å²) in [5, 5.41) is 41.5. The fourth-order valence-corrected chi connectivity index (χ4v) is 9.03. The molecule has 0 spiro atoms. The number of rotatable bonds is 11. The van der Waals surface area contributed by atoms with Crippen LogP contribution >= 0.6 is 0 Å². The molecule has 11 heteroatoms. The van der Waals surface area contributed by atoms with Crippen molar-refractivity contribution in [3.63, 3.8) is 0 Å². The van der Waals surface area contributed by atoms with Gasteiger partial charge in [-0.1, -0.05) is 51.1 Å². The van der Waals surface area contributed by atoms with Crippen molar-refractivity contribution in [1.82, 2.24) is 0 Å². The Labute approximate surface area is 277 Å². The zero-order valence-corrected chi connectivity index (χ0v) is 27.9. The normalized spacial score (nSPS) is 43.8. The fourth-order valence-electron chi connectivity index (χ4n) is 9.03. The van der Waals surface area contributed by atoms with E-state index in [2.05, 4.69) is 13.8 Å². The van der Waals surface area contributed by atoms with Crippen LogP contribution in [0.5, 0.6) is 0 Å². The average Bonchev–Trinajstić information content (AvgIpc) is 3.54. The molecule has 11 nitrogen and oxygen atoms in total. The van der Waals surface area contributed by atoms with Crippen LogP contribution < -0.4 is 0 Å². The van der Waals surface area contributed by atoms with Crippen LogP contribution in [0.25, 0.3) is 6.08 Å². The number of aldehydes is 1. The summed E-state index contributed by atoms with van der Waals surface area (Å²) < 4.78 is 30.0. The first kappa shape index (κ1) is 36.1. The molecule has 2 saturated heterocycles. The summed E-state index contributed by atoms with van der Waals surface area (Å²) in [5.41, 5.74) is -0.392. The zero-order chi connectivity index (χ0) is 33.9. The topological polar surface area (TPSA) is 161 Å². The van der Waals surface area contributed by atoms with Crippen LogP contribution in [0.3, 0.4) is 0 Å². The van der Waals surface area contributed by atoms with Crippen molar-refractivity contribution in [3.05, 3.63) is 42.0 Å². The molecule has 47 heavy (non-hydrogen) atoms. The highest BCUT2D eigenvalue weighted by Crippen LogP contribution is 2.64. The van der Waals surface area contributed by atoms with Gasteiger partial charge in [0.2, 0.25) is 0 Å². The minimum atomic E-state index is -1.60. The van der Waals surface area contributed by atoms with Crippen LogP contribution in [0.2, 0.25) is 0 Å². The second-order valence-corrected chi connectivity index (χ2v) is 14.4. The van der Waals surface area contributed by atoms with Gasteiger partial charge in [-0.3, -0.25) is 0 Å². The quantitative estimate of drug-likeness (QED) is 0.157. The summed E-state index contributed by atoms with van der Waals surface area (Å²) in [7, 11) is 1.65. The van der Waals surface area contributed by atoms with Gasteiger partial charge in [0.1, 0.15) is 36.8 Å². The van der Waals surface area contributed by atoms with Crippen LogP contribution in [0, 0.1) is 34.5 Å². The van der Waals surface area contributed by atoms with Crippen molar-refractivity contribution in [2.45, 2.75) is 108 Å². The number of hydrogen-bond acceptors (Lipinski definition) is 11. The Bertz CT molecular complexity index is 1220. The molecule has 2 aliphatic heterocycles. The third kappa shape index (κ3) is 7.10. The van der Waals surface area contributed by atoms with Crippen molar-refractivity contribution in [2.75, 3.05) is 20.3 Å². The maximum Gasteiger partial charge on any atom is 0.331 e. The predicted octanol–water partition coefficient (Wildman–Crippen LogP) is 2.86. The van der Waals surface area contributed by atoms with E-state index in [-0.39, 0.29) is 24.0 Å². The molecule has 0 radical (unpaired) electrons. The molecule has 0 bridgehead atoms. The molecular weight excluding hydrogens is 608 g/mol. The smallest absolute Gasteiger partial charge is 0.331 e. The van der Waals surface area contributed by atoms with Gasteiger partial charge >= 0.3 is 5.97 Å². The van der Waals surface area contributed by atoms with Crippen molar-refractivity contribution < 1.29 is 53.7 Å². The van der Waals surface area contributed by atoms with E-state index < -0.39 is 72.2 Å². The molecule has 2 aliphatic carbocycles. The lowest BCUT2D eigenvalue weighted by Gasteiger charge is -2.64. The summed E-state index contributed by atoms with van der Waals surface area (Å²) in [6.45, 7) is 6.42. The SMILES string of the molecule is CO[C@H]1OCC[C@@H]1CC[C@@]1(C)[C@H](C)C[C@H](O[C@@H]2O[C@H](CO)[C@@H](O)[C@H](O)[C@H]2O)[C@@]2(C)[C@H](C=O)CC[C@@H](OC(=O)C=Cc3ccccc3)[C@H]12. The first-order chi connectivity index (χ1) is 22.5. The summed E-state index contributed by atoms with van der Waals surface area (Å²) >= 11 is 0. The minimum Gasteiger partial charge on any atom is -0.459 e. The van der Waals surface area contributed by atoms with Gasteiger partial charge in [0, 0.05) is 36.4 Å². The van der Waals surface area contributed by atoms with E-state index >= 15 is 0 Å². The maximum absolute atomic E-state index is 13.4. The predicted molar refractivity (Wildman–Crippen MR) is 170 cm³/mol. The van der Waals surface area contributed by atoms with E-state index in [1.165, 1.54) is 6.08 Å². The van der Waals surface area contributed by atoms with E-state index in [1.54, 1.807) is 13.2 Å². The van der Waals surface area contributed by atoms with Crippen molar-refractivity contribution in [3.8, 4) is 0 Å². The van der Waals surface area contributed by atoms with Crippen LogP contribution in [0.1, 0.15) is 64.9 Å². The summed E-state index contributed by atoms with van der Waals surface area (Å²) in [6.07, 6.45) is -0.570. The molecule has 2 heterocycles. The molecule has 4 N–H and O–H groups in total. The Morgan fingerprint density at radius 3 is 2.47 bits per heavy atom. The van der Waals surface area contributed by atoms with E-state index in [4.69, 9.17) is 23.7 Å². The highest BCUT2D eigenvalue weighted by Gasteiger charge is 2.65. The molecule has 262 valence electrons. The number of aliphatic hydroxyl groups is 4. The van der Waals surface area contributed by atoms with Gasteiger partial charge in [-0.05, 0) is 61.5 Å². The van der Waals surface area contributed by atoms with Gasteiger partial charge < -0.3 is 48.9 Å². The van der Waals surface area contributed by atoms with E-state index in [0.29, 0.717) is 25.9 Å². The van der Waals surface area contributed by atoms with Crippen molar-refractivity contribution in [2.24, 2.45) is 34.5 Å². The third-order valence-corrected chi connectivity index (χ3v) is 11.9. The number of aliphatic hydroxyl groups excluding tert-OH is 4. The summed E-state index contributed by atoms with van der Waals surface area (Å²) in [6, 6.07) is 9.49. The Kier molecular flexibility index (Phi) is 11.6. The number of carbonyl (C=O) groups is 2. The van der Waals surface area contributed by atoms with E-state index in [1.807, 2.05) is 37.3 Å². The zero-order valence-electron chi connectivity index (χ0n) is 27.9. The molecule has 0 aromatic heterocycles. The van der Waals surface area contributed by atoms with Gasteiger partial charge in [-0.25, -0.2) is 4.79 Å². The molecule has 0 amide bonds. The molecule has 5 rings (SSSR count). The molecule has 14 atom stereocenters. The molecule has 4 aliphatic rings. The van der Waals surface area contributed by atoms with Crippen LogP contribution in [0.15, 0.2) is 36.4 Å². The Balaban J connectivity index is 1.48. The average molecular weight is 661 g/mol. The molecule has 1 aromatic carbocycles. The third-order valence-electron chi connectivity index (χ3n) is 11.9. The first-order valence-electron chi connectivity index (χ1n) is 17.0. The Hall–Kier alpha value is -2.22. The first-order valence-corrected chi connectivity index (χ1v) is 17.0. The molecule has 1 aromatic rings. The van der Waals surface area contributed by atoms with Crippen LogP contribution in [0.4, 0.5) is 0 Å². The van der Waals surface area contributed by atoms with Crippen molar-refractivity contribution in [1.29, 1.82) is 0 Å². The van der Waals surface area contributed by atoms with Gasteiger partial charge in [0.15, 0.2) is 12.6 Å². The molecular formula is C36H52O11. The Morgan fingerprint density at radius 2 is 1.79 bits per heavy atom. The standard InChI is InChI=1S/C36H52O11/c1-21-18-27(47-34-31(42)30(41)29(40)26(20-38)46-34)36(3)24(19-37)11-12-25(45-28(39)13-10-22-8-6-5-7-9-22)32(36)35(21,2)16-14-23-15-17-44-33(23)43-4/h5-10,13,19,21,23-27,29-34,38,40-42H,11-12,14-18,20H2,1-4H3/t21-,23+,24+,25-,26-,27+,29-,30+,31-,32-,33+,34+,35+,36-/m1/s1. The van der Waals surface area contributed by atoms with Gasteiger partial charge in [0.25, 0.3) is 0 Å². The highest BCUT2D eigenvalue weighted by atomic mass is 16.7. The van der Waals surface area contributed by atoms with Crippen LogP contribution in [-0.4, -0.2) is 102 Å². The number of carbonyl (C=O) groups excluding carboxylic acids is 2. The molecule has 2 saturated carbocycles. The van der Waals surface area contributed by atoms with Crippen molar-refractivity contribution >= 4 is 18.3 Å². The van der Waals surface area contributed by atoms with E-state index in [0.717, 1.165) is 31.1 Å². The van der Waals surface area contributed by atoms with Gasteiger partial charge in [0.05, 0.1) is 19.3 Å². The maximum atomic E-state index is 13.4. The number of ether oxygens (including phenoxy) is 5. The number of fused-ring (bicyclic) bond motifs is 1. The lowest BCUT2D eigenvalue weighted by Crippen LogP contribution is -2.67. The number of benzene rings is 1. The lowest BCUT2D eigenvalue weighted by atomic mass is 9.43. The summed E-state index contributed by atoms with van der Waals surface area (Å²) in [4.78, 5) is 26.2. The second kappa shape index (κ2) is 15.1. The number of hydrogen-bond donors (Lipinski definition) is 4. The Morgan fingerprint density at radius 1 is 1.04 bits per heavy atom. The summed E-state index contributed by atoms with van der Waals surface area (Å²) in [5.74, 6) is -1.02. The fraction of sp³-hybridized carbons (Fsp3) is 0.722. The second-order valence-electron chi connectivity index (χ2n) is 14.4. The van der Waals surface area contributed by atoms with E-state index in [9.17, 15) is 30.0 Å². The van der Waals surface area contributed by atoms with Gasteiger partial charge in [-0.2, -0.15) is 0 Å². The number of esters is 1.